The first-order valence-corrected chi connectivity index (χ1v) is 7.49. The van der Waals surface area contributed by atoms with E-state index in [0.29, 0.717) is 13.1 Å². The summed E-state index contributed by atoms with van der Waals surface area (Å²) in [6, 6.07) is 10.4. The zero-order valence-corrected chi connectivity index (χ0v) is 12.4. The average Bonchev–Trinajstić information content (AvgIpc) is 3.10. The third-order valence-electron chi connectivity index (χ3n) is 3.06. The van der Waals surface area contributed by atoms with Crippen molar-refractivity contribution in [3.05, 3.63) is 64.7 Å². The second-order valence-corrected chi connectivity index (χ2v) is 5.87. The Morgan fingerprint density at radius 1 is 1.14 bits per heavy atom. The summed E-state index contributed by atoms with van der Waals surface area (Å²) in [5, 5.41) is 4.30. The lowest BCUT2D eigenvalue weighted by Crippen LogP contribution is -2.12. The number of hydrogen-bond donors (Lipinski definition) is 1. The maximum absolute atomic E-state index is 12.8. The fourth-order valence-corrected chi connectivity index (χ4v) is 2.84. The van der Waals surface area contributed by atoms with Gasteiger partial charge in [0.2, 0.25) is 0 Å². The summed E-state index contributed by atoms with van der Waals surface area (Å²) < 4.78 is 18.4. The van der Waals surface area contributed by atoms with Gasteiger partial charge in [0.25, 0.3) is 0 Å². The van der Waals surface area contributed by atoms with Crippen molar-refractivity contribution in [1.29, 1.82) is 0 Å². The number of hydrogen-bond acceptors (Lipinski definition) is 4. The van der Waals surface area contributed by atoms with Gasteiger partial charge >= 0.3 is 0 Å². The van der Waals surface area contributed by atoms with Crippen molar-refractivity contribution in [2.75, 3.05) is 0 Å². The molecule has 108 valence electrons. The first-order valence-electron chi connectivity index (χ1n) is 6.67. The fourth-order valence-electron chi connectivity index (χ4n) is 1.99. The maximum atomic E-state index is 12.8. The van der Waals surface area contributed by atoms with Gasteiger partial charge in [-0.3, -0.25) is 0 Å². The van der Waals surface area contributed by atoms with Crippen molar-refractivity contribution in [1.82, 2.24) is 10.3 Å². The van der Waals surface area contributed by atoms with Gasteiger partial charge in [0.05, 0.1) is 4.88 Å². The molecule has 21 heavy (non-hydrogen) atoms. The van der Waals surface area contributed by atoms with E-state index in [0.717, 1.165) is 27.0 Å². The van der Waals surface area contributed by atoms with Crippen LogP contribution in [0.4, 0.5) is 4.39 Å². The quantitative estimate of drug-likeness (QED) is 0.769. The molecule has 0 saturated carbocycles. The van der Waals surface area contributed by atoms with E-state index in [-0.39, 0.29) is 5.82 Å². The molecule has 0 atom stereocenters. The lowest BCUT2D eigenvalue weighted by Gasteiger charge is -2.02. The van der Waals surface area contributed by atoms with Gasteiger partial charge in [-0.1, -0.05) is 12.1 Å². The predicted molar refractivity (Wildman–Crippen MR) is 81.5 cm³/mol. The SMILES string of the molecule is Cc1ccc(-c2cnc(CNCc3ccc(F)cc3)s2)o1. The van der Waals surface area contributed by atoms with Crippen molar-refractivity contribution >= 4 is 11.3 Å². The molecule has 2 heterocycles. The highest BCUT2D eigenvalue weighted by Gasteiger charge is 2.07. The van der Waals surface area contributed by atoms with E-state index in [2.05, 4.69) is 10.3 Å². The Morgan fingerprint density at radius 3 is 2.67 bits per heavy atom. The molecule has 3 nitrogen and oxygen atoms in total. The largest absolute Gasteiger partial charge is 0.460 e. The van der Waals surface area contributed by atoms with Gasteiger partial charge in [0.1, 0.15) is 22.3 Å². The Labute approximate surface area is 126 Å². The van der Waals surface area contributed by atoms with Gasteiger partial charge in [0.15, 0.2) is 0 Å². The lowest BCUT2D eigenvalue weighted by atomic mass is 10.2. The van der Waals surface area contributed by atoms with Gasteiger partial charge in [-0.2, -0.15) is 0 Å². The van der Waals surface area contributed by atoms with Crippen molar-refractivity contribution < 1.29 is 8.81 Å². The summed E-state index contributed by atoms with van der Waals surface area (Å²) in [5.41, 5.74) is 1.05. The molecule has 0 amide bonds. The standard InChI is InChI=1S/C16H15FN2OS/c1-11-2-7-14(20-11)15-9-19-16(21-15)10-18-8-12-3-5-13(17)6-4-12/h2-7,9,18H,8,10H2,1H3. The Kier molecular flexibility index (Phi) is 4.13. The number of benzene rings is 1. The molecule has 0 unspecified atom stereocenters. The second kappa shape index (κ2) is 6.20. The highest BCUT2D eigenvalue weighted by molar-refractivity contribution is 7.15. The Morgan fingerprint density at radius 2 is 1.95 bits per heavy atom. The number of halogens is 1. The number of aryl methyl sites for hydroxylation is 1. The zero-order valence-electron chi connectivity index (χ0n) is 11.6. The van der Waals surface area contributed by atoms with E-state index < -0.39 is 0 Å². The number of rotatable bonds is 5. The van der Waals surface area contributed by atoms with Crippen LogP contribution >= 0.6 is 11.3 Å². The normalized spacial score (nSPS) is 11.0. The molecule has 0 spiro atoms. The molecule has 0 aliphatic carbocycles. The monoisotopic (exact) mass is 302 g/mol. The van der Waals surface area contributed by atoms with Gasteiger partial charge in [-0.05, 0) is 36.8 Å². The summed E-state index contributed by atoms with van der Waals surface area (Å²) >= 11 is 1.61. The molecule has 0 radical (unpaired) electrons. The van der Waals surface area contributed by atoms with Crippen LogP contribution in [0.25, 0.3) is 10.6 Å². The number of thiazole rings is 1. The molecule has 0 aliphatic rings. The van der Waals surface area contributed by atoms with Crippen molar-refractivity contribution in [3.63, 3.8) is 0 Å². The van der Waals surface area contributed by atoms with Crippen LogP contribution in [-0.4, -0.2) is 4.98 Å². The fraction of sp³-hybridized carbons (Fsp3) is 0.188. The Balaban J connectivity index is 1.56. The van der Waals surface area contributed by atoms with E-state index in [9.17, 15) is 4.39 Å². The van der Waals surface area contributed by atoms with Crippen LogP contribution in [0, 0.1) is 12.7 Å². The molecule has 0 fully saturated rings. The first kappa shape index (κ1) is 14.0. The van der Waals surface area contributed by atoms with Crippen LogP contribution in [0.15, 0.2) is 47.0 Å². The first-order chi connectivity index (χ1) is 10.2. The molecule has 0 bridgehead atoms. The molecule has 2 aromatic heterocycles. The van der Waals surface area contributed by atoms with Gasteiger partial charge in [-0.15, -0.1) is 11.3 Å². The van der Waals surface area contributed by atoms with Crippen LogP contribution in [0.5, 0.6) is 0 Å². The van der Waals surface area contributed by atoms with Crippen LogP contribution < -0.4 is 5.32 Å². The van der Waals surface area contributed by atoms with Crippen LogP contribution in [0.3, 0.4) is 0 Å². The van der Waals surface area contributed by atoms with Crippen molar-refractivity contribution in [2.45, 2.75) is 20.0 Å². The highest BCUT2D eigenvalue weighted by Crippen LogP contribution is 2.27. The third-order valence-corrected chi connectivity index (χ3v) is 4.07. The van der Waals surface area contributed by atoms with Gasteiger partial charge in [0, 0.05) is 19.3 Å². The van der Waals surface area contributed by atoms with Crippen molar-refractivity contribution in [2.24, 2.45) is 0 Å². The minimum absolute atomic E-state index is 0.211. The maximum Gasteiger partial charge on any atom is 0.145 e. The van der Waals surface area contributed by atoms with E-state index in [4.69, 9.17) is 4.42 Å². The summed E-state index contributed by atoms with van der Waals surface area (Å²) in [6.45, 7) is 3.30. The van der Waals surface area contributed by atoms with Crippen LogP contribution in [0.1, 0.15) is 16.3 Å². The van der Waals surface area contributed by atoms with E-state index in [1.165, 1.54) is 12.1 Å². The zero-order chi connectivity index (χ0) is 14.7. The summed E-state index contributed by atoms with van der Waals surface area (Å²) in [5.74, 6) is 1.54. The summed E-state index contributed by atoms with van der Waals surface area (Å²) in [6.07, 6.45) is 1.83. The molecule has 3 rings (SSSR count). The van der Waals surface area contributed by atoms with E-state index in [1.807, 2.05) is 25.3 Å². The number of furan rings is 1. The number of nitrogens with zero attached hydrogens (tertiary/aromatic N) is 1. The molecule has 5 heteroatoms. The minimum atomic E-state index is -0.211. The van der Waals surface area contributed by atoms with E-state index >= 15 is 0 Å². The van der Waals surface area contributed by atoms with Crippen molar-refractivity contribution in [3.8, 4) is 10.6 Å². The third kappa shape index (κ3) is 3.56. The second-order valence-electron chi connectivity index (χ2n) is 4.76. The van der Waals surface area contributed by atoms with Gasteiger partial charge < -0.3 is 9.73 Å². The number of nitrogens with one attached hydrogen (secondary N) is 1. The molecule has 0 saturated heterocycles. The molecule has 1 N–H and O–H groups in total. The van der Waals surface area contributed by atoms with Gasteiger partial charge in [-0.25, -0.2) is 9.37 Å². The van der Waals surface area contributed by atoms with Crippen LogP contribution in [0.2, 0.25) is 0 Å². The summed E-state index contributed by atoms with van der Waals surface area (Å²) in [4.78, 5) is 5.41. The Hall–Kier alpha value is -1.98. The minimum Gasteiger partial charge on any atom is -0.460 e. The molecular formula is C16H15FN2OS. The molecule has 1 aromatic carbocycles. The van der Waals surface area contributed by atoms with Crippen LogP contribution in [-0.2, 0) is 13.1 Å². The lowest BCUT2D eigenvalue weighted by molar-refractivity contribution is 0.549. The van der Waals surface area contributed by atoms with E-state index in [1.54, 1.807) is 23.5 Å². The predicted octanol–water partition coefficient (Wildman–Crippen LogP) is 4.14. The molecule has 3 aromatic rings. The summed E-state index contributed by atoms with van der Waals surface area (Å²) in [7, 11) is 0. The highest BCUT2D eigenvalue weighted by atomic mass is 32.1. The number of aromatic nitrogens is 1. The Bertz CT molecular complexity index is 718. The average molecular weight is 302 g/mol. The smallest absolute Gasteiger partial charge is 0.145 e. The molecular weight excluding hydrogens is 287 g/mol. The topological polar surface area (TPSA) is 38.1 Å². The molecule has 0 aliphatic heterocycles.